The predicted molar refractivity (Wildman–Crippen MR) is 118 cm³/mol. The van der Waals surface area contributed by atoms with Crippen molar-refractivity contribution in [1.29, 1.82) is 0 Å². The van der Waals surface area contributed by atoms with Crippen molar-refractivity contribution in [3.8, 4) is 11.1 Å². The molecule has 1 N–H and O–H groups in total. The van der Waals surface area contributed by atoms with Gasteiger partial charge in [0, 0.05) is 17.4 Å². The van der Waals surface area contributed by atoms with Crippen molar-refractivity contribution in [2.45, 2.75) is 39.0 Å². The molecular weight excluding hydrogens is 422 g/mol. The molecule has 3 saturated carbocycles. The molecule has 5 heteroatoms. The summed E-state index contributed by atoms with van der Waals surface area (Å²) in [6.07, 6.45) is 5.08. The smallest absolute Gasteiger partial charge is 0.170 e. The number of fused-ring (bicyclic) bond motifs is 2. The van der Waals surface area contributed by atoms with Gasteiger partial charge < -0.3 is 5.11 Å². The van der Waals surface area contributed by atoms with Crippen LogP contribution >= 0.6 is 23.2 Å². The summed E-state index contributed by atoms with van der Waals surface area (Å²) in [6.45, 7) is 2.03. The summed E-state index contributed by atoms with van der Waals surface area (Å²) < 4.78 is 14.3. The molecule has 0 aromatic heterocycles. The van der Waals surface area contributed by atoms with Crippen molar-refractivity contribution in [1.82, 2.24) is 0 Å². The number of carbonyl (C=O) groups excluding carboxylic acids is 1. The number of ketones is 1. The first-order valence-electron chi connectivity index (χ1n) is 10.7. The van der Waals surface area contributed by atoms with E-state index < -0.39 is 5.82 Å². The fraction of sp³-hybridized carbons (Fsp3) is 0.400. The lowest BCUT2D eigenvalue weighted by Gasteiger charge is -2.44. The molecule has 156 valence electrons. The van der Waals surface area contributed by atoms with Gasteiger partial charge in [0.05, 0.1) is 15.6 Å². The molecule has 2 atom stereocenters. The largest absolute Gasteiger partial charge is 0.511 e. The number of aliphatic hydroxyl groups is 1. The molecule has 2 nitrogen and oxygen atoms in total. The van der Waals surface area contributed by atoms with Gasteiger partial charge in [0.1, 0.15) is 5.76 Å². The minimum atomic E-state index is -0.654. The first-order chi connectivity index (χ1) is 14.4. The second-order valence-corrected chi connectivity index (χ2v) is 9.58. The van der Waals surface area contributed by atoms with Crippen molar-refractivity contribution in [3.63, 3.8) is 0 Å². The van der Waals surface area contributed by atoms with Gasteiger partial charge in [-0.05, 0) is 72.8 Å². The summed E-state index contributed by atoms with van der Waals surface area (Å²) in [5.41, 5.74) is 3.43. The molecule has 6 rings (SSSR count). The zero-order valence-electron chi connectivity index (χ0n) is 16.7. The summed E-state index contributed by atoms with van der Waals surface area (Å²) in [5, 5.41) is 11.1. The summed E-state index contributed by atoms with van der Waals surface area (Å²) in [6, 6.07) is 8.86. The maximum absolute atomic E-state index is 14.3. The van der Waals surface area contributed by atoms with Crippen LogP contribution in [0, 0.1) is 29.5 Å². The number of aryl methyl sites for hydroxylation is 1. The Morgan fingerprint density at radius 2 is 1.67 bits per heavy atom. The van der Waals surface area contributed by atoms with Crippen molar-refractivity contribution in [3.05, 3.63) is 63.1 Å². The highest BCUT2D eigenvalue weighted by Crippen LogP contribution is 2.57. The molecule has 0 radical (unpaired) electrons. The number of Topliss-reactive ketones (excluding diaryl/α,β-unsaturated/α-hetero) is 1. The molecule has 2 bridgehead atoms. The van der Waals surface area contributed by atoms with Crippen molar-refractivity contribution in [2.75, 3.05) is 0 Å². The van der Waals surface area contributed by atoms with Crippen LogP contribution < -0.4 is 0 Å². The Bertz CT molecular complexity index is 1080. The van der Waals surface area contributed by atoms with E-state index in [1.54, 1.807) is 6.07 Å². The van der Waals surface area contributed by atoms with E-state index in [9.17, 15) is 14.3 Å². The molecule has 0 spiro atoms. The fourth-order valence-electron chi connectivity index (χ4n) is 5.98. The number of rotatable bonds is 3. The number of carbonyl (C=O) groups is 1. The summed E-state index contributed by atoms with van der Waals surface area (Å²) >= 11 is 12.1. The van der Waals surface area contributed by atoms with Crippen molar-refractivity contribution >= 4 is 34.6 Å². The normalized spacial score (nSPS) is 27.7. The van der Waals surface area contributed by atoms with Crippen molar-refractivity contribution < 1.29 is 14.3 Å². The SMILES string of the molecule is CCc1ccc(-c2ccc(Cl)c(F)c2Cl)cc1C1=C(O)[C@H]2C3CCC(CC3)[C@H]2C1=O. The standard InChI is InChI=1S/C25H23Cl2FO2/c1-2-12-3-8-15(16-9-10-18(26)23(28)22(16)27)11-17(12)21-24(29)19-13-4-5-14(7-6-13)20(19)25(21)30/h3,8-11,13-14,19-20,29H,2,4-7H2,1H3/t13?,14?,19-,20+/m0/s1. The van der Waals surface area contributed by atoms with Gasteiger partial charge in [0.15, 0.2) is 11.6 Å². The Balaban J connectivity index is 1.65. The molecule has 2 aromatic carbocycles. The molecule has 30 heavy (non-hydrogen) atoms. The lowest BCUT2D eigenvalue weighted by Crippen LogP contribution is -2.41. The van der Waals surface area contributed by atoms with Gasteiger partial charge >= 0.3 is 0 Å². The third-order valence-corrected chi connectivity index (χ3v) is 8.11. The maximum Gasteiger partial charge on any atom is 0.170 e. The molecular formula is C25H23Cl2FO2. The Morgan fingerprint density at radius 3 is 2.30 bits per heavy atom. The third kappa shape index (κ3) is 2.85. The molecule has 3 fully saturated rings. The van der Waals surface area contributed by atoms with Crippen LogP contribution in [0.2, 0.25) is 10.0 Å². The molecule has 0 unspecified atom stereocenters. The van der Waals surface area contributed by atoms with Crippen LogP contribution in [0.5, 0.6) is 0 Å². The van der Waals surface area contributed by atoms with Gasteiger partial charge in [-0.1, -0.05) is 48.3 Å². The zero-order valence-corrected chi connectivity index (χ0v) is 18.2. The molecule has 0 saturated heterocycles. The Hall–Kier alpha value is -1.84. The van der Waals surface area contributed by atoms with E-state index in [1.165, 1.54) is 6.07 Å². The summed E-state index contributed by atoms with van der Waals surface area (Å²) in [4.78, 5) is 13.5. The quantitative estimate of drug-likeness (QED) is 0.505. The topological polar surface area (TPSA) is 37.3 Å². The van der Waals surface area contributed by atoms with Crippen LogP contribution in [0.1, 0.15) is 43.7 Å². The fourth-order valence-corrected chi connectivity index (χ4v) is 6.46. The van der Waals surface area contributed by atoms with Gasteiger partial charge in [-0.25, -0.2) is 4.39 Å². The van der Waals surface area contributed by atoms with E-state index >= 15 is 0 Å². The van der Waals surface area contributed by atoms with E-state index in [4.69, 9.17) is 23.2 Å². The van der Waals surface area contributed by atoms with Gasteiger partial charge in [-0.15, -0.1) is 0 Å². The first kappa shape index (κ1) is 20.1. The Labute approximate surface area is 185 Å². The van der Waals surface area contributed by atoms with Crippen molar-refractivity contribution in [2.24, 2.45) is 23.7 Å². The highest BCUT2D eigenvalue weighted by atomic mass is 35.5. The zero-order chi connectivity index (χ0) is 21.2. The third-order valence-electron chi connectivity index (χ3n) is 7.45. The summed E-state index contributed by atoms with van der Waals surface area (Å²) in [7, 11) is 0. The van der Waals surface area contributed by atoms with Gasteiger partial charge in [0.25, 0.3) is 0 Å². The average Bonchev–Trinajstić information content (AvgIpc) is 3.05. The minimum absolute atomic E-state index is 0.0278. The van der Waals surface area contributed by atoms with Crippen LogP contribution in [0.15, 0.2) is 36.1 Å². The van der Waals surface area contributed by atoms with E-state index in [1.807, 2.05) is 25.1 Å². The van der Waals surface area contributed by atoms with Gasteiger partial charge in [-0.2, -0.15) is 0 Å². The number of hydrogen-bond donors (Lipinski definition) is 1. The number of benzene rings is 2. The monoisotopic (exact) mass is 444 g/mol. The van der Waals surface area contributed by atoms with E-state index in [0.29, 0.717) is 28.5 Å². The molecule has 2 aromatic rings. The van der Waals surface area contributed by atoms with E-state index in [-0.39, 0.29) is 33.4 Å². The minimum Gasteiger partial charge on any atom is -0.511 e. The molecule has 0 heterocycles. The highest BCUT2D eigenvalue weighted by Gasteiger charge is 2.54. The Morgan fingerprint density at radius 1 is 1.00 bits per heavy atom. The first-order valence-corrected chi connectivity index (χ1v) is 11.4. The lowest BCUT2D eigenvalue weighted by molar-refractivity contribution is -0.123. The predicted octanol–water partition coefficient (Wildman–Crippen LogP) is 7.27. The average molecular weight is 445 g/mol. The molecule has 4 aliphatic rings. The van der Waals surface area contributed by atoms with E-state index in [0.717, 1.165) is 43.2 Å². The van der Waals surface area contributed by atoms with Crippen LogP contribution in [0.3, 0.4) is 0 Å². The van der Waals surface area contributed by atoms with Gasteiger partial charge in [-0.3, -0.25) is 4.79 Å². The number of aliphatic hydroxyl groups excluding tert-OH is 1. The molecule has 4 aliphatic carbocycles. The van der Waals surface area contributed by atoms with Crippen LogP contribution in [0.25, 0.3) is 16.7 Å². The van der Waals surface area contributed by atoms with Gasteiger partial charge in [0.2, 0.25) is 0 Å². The van der Waals surface area contributed by atoms with Crippen LogP contribution in [-0.4, -0.2) is 10.9 Å². The maximum atomic E-state index is 14.3. The molecule has 0 amide bonds. The number of halogens is 3. The van der Waals surface area contributed by atoms with Crippen LogP contribution in [0.4, 0.5) is 4.39 Å². The Kier molecular flexibility index (Phi) is 4.95. The lowest BCUT2D eigenvalue weighted by atomic mass is 9.59. The van der Waals surface area contributed by atoms with Crippen LogP contribution in [-0.2, 0) is 11.2 Å². The molecule has 0 aliphatic heterocycles. The highest BCUT2D eigenvalue weighted by molar-refractivity contribution is 6.36. The van der Waals surface area contributed by atoms with E-state index in [2.05, 4.69) is 0 Å². The summed E-state index contributed by atoms with van der Waals surface area (Å²) in [5.74, 6) is 0.336. The number of hydrogen-bond acceptors (Lipinski definition) is 2. The second kappa shape index (κ2) is 7.39. The number of allylic oxidation sites excluding steroid dienone is 2. The second-order valence-electron chi connectivity index (χ2n) is 8.80.